The standard InChI is InChI=1S/C19H19N3O3S/c1-21(11-13-4-3-5-16(10-13)26-2)18(24)14-6-8-15(9-7-14)22-12-17(23)20-19(22)25/h3-10H,11-12H2,1-2H3,(H,20,23,25). The number of carbonyl (C=O) groups is 3. The average molecular weight is 369 g/mol. The van der Waals surface area contributed by atoms with Gasteiger partial charge in [0.05, 0.1) is 0 Å². The van der Waals surface area contributed by atoms with E-state index in [2.05, 4.69) is 11.4 Å². The topological polar surface area (TPSA) is 69.7 Å². The lowest BCUT2D eigenvalue weighted by Crippen LogP contribution is -2.28. The molecule has 1 saturated heterocycles. The Labute approximate surface area is 156 Å². The molecule has 7 heteroatoms. The molecule has 2 aromatic rings. The lowest BCUT2D eigenvalue weighted by atomic mass is 10.1. The molecule has 1 aliphatic heterocycles. The van der Waals surface area contributed by atoms with Crippen molar-refractivity contribution in [2.45, 2.75) is 11.4 Å². The Morgan fingerprint density at radius 1 is 1.19 bits per heavy atom. The number of hydrogen-bond donors (Lipinski definition) is 1. The fourth-order valence-electron chi connectivity index (χ4n) is 2.77. The van der Waals surface area contributed by atoms with Crippen LogP contribution in [0.1, 0.15) is 15.9 Å². The van der Waals surface area contributed by atoms with Crippen molar-refractivity contribution in [3.63, 3.8) is 0 Å². The van der Waals surface area contributed by atoms with Gasteiger partial charge in [0, 0.05) is 29.7 Å². The fraction of sp³-hybridized carbons (Fsp3) is 0.211. The van der Waals surface area contributed by atoms with Crippen molar-refractivity contribution < 1.29 is 14.4 Å². The first kappa shape index (κ1) is 18.0. The quantitative estimate of drug-likeness (QED) is 0.650. The van der Waals surface area contributed by atoms with Crippen molar-refractivity contribution in [3.8, 4) is 0 Å². The summed E-state index contributed by atoms with van der Waals surface area (Å²) in [6.07, 6.45) is 2.02. The molecule has 4 amide bonds. The third kappa shape index (κ3) is 3.88. The Kier molecular flexibility index (Phi) is 5.27. The summed E-state index contributed by atoms with van der Waals surface area (Å²) in [7, 11) is 1.76. The molecule has 0 bridgehead atoms. The SMILES string of the molecule is CSc1cccc(CN(C)C(=O)c2ccc(N3CC(=O)NC3=O)cc2)c1. The van der Waals surface area contributed by atoms with Gasteiger partial charge < -0.3 is 4.90 Å². The average Bonchev–Trinajstić information content (AvgIpc) is 2.99. The maximum absolute atomic E-state index is 12.6. The van der Waals surface area contributed by atoms with E-state index in [1.165, 1.54) is 4.90 Å². The summed E-state index contributed by atoms with van der Waals surface area (Å²) in [5, 5.41) is 2.23. The molecule has 2 aromatic carbocycles. The molecular formula is C19H19N3O3S. The maximum Gasteiger partial charge on any atom is 0.329 e. The van der Waals surface area contributed by atoms with Crippen LogP contribution in [0.3, 0.4) is 0 Å². The molecule has 0 spiro atoms. The molecule has 6 nitrogen and oxygen atoms in total. The number of benzene rings is 2. The highest BCUT2D eigenvalue weighted by atomic mass is 32.2. The minimum absolute atomic E-state index is 0.00217. The van der Waals surface area contributed by atoms with Gasteiger partial charge in [0.15, 0.2) is 0 Å². The van der Waals surface area contributed by atoms with Crippen molar-refractivity contribution >= 4 is 35.3 Å². The summed E-state index contributed by atoms with van der Waals surface area (Å²) in [5.41, 5.74) is 2.18. The molecule has 1 aliphatic rings. The number of anilines is 1. The second-order valence-corrected chi connectivity index (χ2v) is 6.88. The Morgan fingerprint density at radius 3 is 2.54 bits per heavy atom. The molecule has 0 aliphatic carbocycles. The molecule has 0 unspecified atom stereocenters. The van der Waals surface area contributed by atoms with Crippen LogP contribution in [-0.4, -0.2) is 42.6 Å². The smallest absolute Gasteiger partial charge is 0.329 e. The van der Waals surface area contributed by atoms with Crippen LogP contribution in [0.5, 0.6) is 0 Å². The number of amides is 4. The fourth-order valence-corrected chi connectivity index (χ4v) is 3.25. The van der Waals surface area contributed by atoms with Gasteiger partial charge in [0.25, 0.3) is 5.91 Å². The van der Waals surface area contributed by atoms with Gasteiger partial charge in [-0.2, -0.15) is 0 Å². The van der Waals surface area contributed by atoms with Gasteiger partial charge in [0.2, 0.25) is 5.91 Å². The predicted molar refractivity (Wildman–Crippen MR) is 101 cm³/mol. The molecule has 0 radical (unpaired) electrons. The van der Waals surface area contributed by atoms with E-state index in [0.717, 1.165) is 10.5 Å². The van der Waals surface area contributed by atoms with E-state index in [4.69, 9.17) is 0 Å². The number of nitrogens with zero attached hydrogens (tertiary/aromatic N) is 2. The zero-order valence-corrected chi connectivity index (χ0v) is 15.4. The second kappa shape index (κ2) is 7.61. The van der Waals surface area contributed by atoms with E-state index >= 15 is 0 Å². The van der Waals surface area contributed by atoms with Crippen molar-refractivity contribution in [1.29, 1.82) is 0 Å². The second-order valence-electron chi connectivity index (χ2n) is 6.00. The zero-order valence-electron chi connectivity index (χ0n) is 14.6. The van der Waals surface area contributed by atoms with Crippen LogP contribution < -0.4 is 10.2 Å². The highest BCUT2D eigenvalue weighted by Gasteiger charge is 2.28. The third-order valence-electron chi connectivity index (χ3n) is 4.12. The Balaban J connectivity index is 1.69. The minimum Gasteiger partial charge on any atom is -0.337 e. The van der Waals surface area contributed by atoms with Crippen molar-refractivity contribution in [3.05, 3.63) is 59.7 Å². The Hall–Kier alpha value is -2.80. The van der Waals surface area contributed by atoms with Gasteiger partial charge in [-0.1, -0.05) is 12.1 Å². The molecule has 0 atom stereocenters. The molecule has 3 rings (SSSR count). The van der Waals surface area contributed by atoms with Crippen LogP contribution in [0.4, 0.5) is 10.5 Å². The largest absolute Gasteiger partial charge is 0.337 e. The Bertz CT molecular complexity index is 851. The summed E-state index contributed by atoms with van der Waals surface area (Å²) in [5.74, 6) is -0.435. The van der Waals surface area contributed by atoms with Crippen molar-refractivity contribution in [1.82, 2.24) is 10.2 Å². The first-order valence-electron chi connectivity index (χ1n) is 8.08. The van der Waals surface area contributed by atoms with E-state index in [1.807, 2.05) is 24.5 Å². The molecule has 1 N–H and O–H groups in total. The number of carbonyl (C=O) groups excluding carboxylic acids is 3. The number of thioether (sulfide) groups is 1. The minimum atomic E-state index is -0.445. The van der Waals surface area contributed by atoms with Crippen LogP contribution in [0.25, 0.3) is 0 Å². The normalized spacial score (nSPS) is 13.7. The van der Waals surface area contributed by atoms with Crippen LogP contribution in [0.2, 0.25) is 0 Å². The maximum atomic E-state index is 12.6. The molecule has 0 aromatic heterocycles. The van der Waals surface area contributed by atoms with Gasteiger partial charge in [-0.25, -0.2) is 4.79 Å². The first-order valence-corrected chi connectivity index (χ1v) is 9.30. The van der Waals surface area contributed by atoms with E-state index in [0.29, 0.717) is 17.8 Å². The van der Waals surface area contributed by atoms with Crippen LogP contribution in [-0.2, 0) is 11.3 Å². The van der Waals surface area contributed by atoms with Gasteiger partial charge in [-0.05, 0) is 48.2 Å². The summed E-state index contributed by atoms with van der Waals surface area (Å²) < 4.78 is 0. The Morgan fingerprint density at radius 2 is 1.92 bits per heavy atom. The highest BCUT2D eigenvalue weighted by Crippen LogP contribution is 2.20. The summed E-state index contributed by atoms with van der Waals surface area (Å²) in [4.78, 5) is 39.7. The summed E-state index contributed by atoms with van der Waals surface area (Å²) in [6.45, 7) is 0.510. The van der Waals surface area contributed by atoms with Crippen LogP contribution in [0, 0.1) is 0 Å². The highest BCUT2D eigenvalue weighted by molar-refractivity contribution is 7.98. The first-order chi connectivity index (χ1) is 12.5. The number of urea groups is 1. The van der Waals surface area contributed by atoms with Crippen LogP contribution >= 0.6 is 11.8 Å². The van der Waals surface area contributed by atoms with Crippen LogP contribution in [0.15, 0.2) is 53.4 Å². The molecule has 26 heavy (non-hydrogen) atoms. The molecule has 1 heterocycles. The van der Waals surface area contributed by atoms with Gasteiger partial charge in [-0.15, -0.1) is 11.8 Å². The monoisotopic (exact) mass is 369 g/mol. The number of hydrogen-bond acceptors (Lipinski definition) is 4. The summed E-state index contributed by atoms with van der Waals surface area (Å²) in [6, 6.07) is 14.3. The zero-order chi connectivity index (χ0) is 18.7. The lowest BCUT2D eigenvalue weighted by Gasteiger charge is -2.19. The van der Waals surface area contributed by atoms with Gasteiger partial charge >= 0.3 is 6.03 Å². The van der Waals surface area contributed by atoms with E-state index in [9.17, 15) is 14.4 Å². The van der Waals surface area contributed by atoms with Gasteiger partial charge in [-0.3, -0.25) is 19.8 Å². The molecule has 0 saturated carbocycles. The molecule has 1 fully saturated rings. The van der Waals surface area contributed by atoms with Gasteiger partial charge in [0.1, 0.15) is 6.54 Å². The third-order valence-corrected chi connectivity index (χ3v) is 4.85. The van der Waals surface area contributed by atoms with Crippen molar-refractivity contribution in [2.24, 2.45) is 0 Å². The predicted octanol–water partition coefficient (Wildman–Crippen LogP) is 2.74. The van der Waals surface area contributed by atoms with E-state index < -0.39 is 6.03 Å². The van der Waals surface area contributed by atoms with Crippen molar-refractivity contribution in [2.75, 3.05) is 24.7 Å². The lowest BCUT2D eigenvalue weighted by molar-refractivity contribution is -0.117. The number of imide groups is 1. The van der Waals surface area contributed by atoms with E-state index in [1.54, 1.807) is 48.0 Å². The molecular weight excluding hydrogens is 350 g/mol. The molecule has 134 valence electrons. The number of rotatable bonds is 5. The van der Waals surface area contributed by atoms with E-state index in [-0.39, 0.29) is 18.4 Å². The summed E-state index contributed by atoms with van der Waals surface area (Å²) >= 11 is 1.66. The number of nitrogens with one attached hydrogen (secondary N) is 1.